The zero-order valence-corrected chi connectivity index (χ0v) is 23.4. The zero-order chi connectivity index (χ0) is 27.9. The van der Waals surface area contributed by atoms with Crippen molar-refractivity contribution in [2.45, 2.75) is 45.3 Å². The monoisotopic (exact) mass is 538 g/mol. The molecule has 2 atom stereocenters. The van der Waals surface area contributed by atoms with Crippen LogP contribution in [0.4, 0.5) is 11.4 Å². The number of carboxylic acid groups (broad SMARTS) is 1. The number of carbonyl (C=O) groups is 2. The standard InChI is InChI=1S/C27H36N4O2.C3H6O3/c1-20-3-10-26(31-13-11-29(2)12-14-31)25-19-22(6-9-24(20)25)28-27(32)21-4-7-23(8-5-21)30-15-17-33-18-16-30;1-2(4)3(5)6/h3-5,7-8,10,22H,6,9,11-19H2,1-2H3,(H,28,32);2,4H,1H3,(H,5,6). The third kappa shape index (κ3) is 7.50. The van der Waals surface area contributed by atoms with Gasteiger partial charge in [0.1, 0.15) is 6.10 Å². The topological polar surface area (TPSA) is 106 Å². The Balaban J connectivity index is 0.000000531. The number of fused-ring (bicyclic) bond motifs is 1. The van der Waals surface area contributed by atoms with E-state index in [1.165, 1.54) is 29.3 Å². The molecule has 2 aliphatic heterocycles. The zero-order valence-electron chi connectivity index (χ0n) is 23.4. The van der Waals surface area contributed by atoms with Crippen molar-refractivity contribution in [3.05, 3.63) is 58.7 Å². The van der Waals surface area contributed by atoms with Crippen molar-refractivity contribution >= 4 is 23.3 Å². The largest absolute Gasteiger partial charge is 0.479 e. The maximum absolute atomic E-state index is 13.0. The smallest absolute Gasteiger partial charge is 0.332 e. The van der Waals surface area contributed by atoms with Gasteiger partial charge in [-0.15, -0.1) is 0 Å². The first kappa shape index (κ1) is 28.9. The number of ether oxygens (including phenoxy) is 1. The maximum Gasteiger partial charge on any atom is 0.332 e. The highest BCUT2D eigenvalue weighted by Crippen LogP contribution is 2.33. The molecule has 2 heterocycles. The number of hydrogen-bond donors (Lipinski definition) is 3. The number of aliphatic carboxylic acids is 1. The van der Waals surface area contributed by atoms with Crippen LogP contribution in [-0.4, -0.2) is 98.7 Å². The van der Waals surface area contributed by atoms with E-state index in [9.17, 15) is 9.59 Å². The third-order valence-corrected chi connectivity index (χ3v) is 7.88. The van der Waals surface area contributed by atoms with E-state index in [0.29, 0.717) is 0 Å². The summed E-state index contributed by atoms with van der Waals surface area (Å²) in [6.07, 6.45) is 1.71. The van der Waals surface area contributed by atoms with Crippen molar-refractivity contribution in [2.24, 2.45) is 0 Å². The van der Waals surface area contributed by atoms with E-state index in [-0.39, 0.29) is 11.9 Å². The number of benzene rings is 2. The van der Waals surface area contributed by atoms with Crippen LogP contribution >= 0.6 is 0 Å². The van der Waals surface area contributed by atoms with E-state index in [0.717, 1.165) is 83.0 Å². The lowest BCUT2D eigenvalue weighted by atomic mass is 9.84. The number of piperazine rings is 1. The Bertz CT molecular complexity index is 1120. The van der Waals surface area contributed by atoms with Gasteiger partial charge in [0.05, 0.1) is 13.2 Å². The fourth-order valence-electron chi connectivity index (χ4n) is 5.42. The van der Waals surface area contributed by atoms with Gasteiger partial charge in [-0.2, -0.15) is 0 Å². The van der Waals surface area contributed by atoms with Crippen LogP contribution in [0.5, 0.6) is 0 Å². The molecule has 212 valence electrons. The minimum atomic E-state index is -1.23. The number of aliphatic hydroxyl groups excluding tert-OH is 1. The second kappa shape index (κ2) is 13.3. The van der Waals surface area contributed by atoms with Crippen LogP contribution in [0.2, 0.25) is 0 Å². The van der Waals surface area contributed by atoms with E-state index in [1.54, 1.807) is 0 Å². The van der Waals surface area contributed by atoms with Gasteiger partial charge < -0.3 is 35.0 Å². The predicted molar refractivity (Wildman–Crippen MR) is 153 cm³/mol. The van der Waals surface area contributed by atoms with Crippen LogP contribution in [0.25, 0.3) is 0 Å². The summed E-state index contributed by atoms with van der Waals surface area (Å²) in [4.78, 5) is 29.7. The lowest BCUT2D eigenvalue weighted by Crippen LogP contribution is -2.45. The van der Waals surface area contributed by atoms with Gasteiger partial charge in [-0.05, 0) is 87.2 Å². The summed E-state index contributed by atoms with van der Waals surface area (Å²) in [6.45, 7) is 11.1. The molecule has 1 amide bonds. The number of carbonyl (C=O) groups excluding carboxylic acids is 1. The molecule has 3 aliphatic rings. The first-order valence-corrected chi connectivity index (χ1v) is 13.9. The Hall–Kier alpha value is -3.14. The molecule has 0 bridgehead atoms. The number of carboxylic acids is 1. The summed E-state index contributed by atoms with van der Waals surface area (Å²) in [7, 11) is 2.20. The molecule has 0 aromatic heterocycles. The molecular weight excluding hydrogens is 496 g/mol. The molecule has 3 N–H and O–H groups in total. The molecule has 0 spiro atoms. The molecule has 0 saturated carbocycles. The SMILES string of the molecule is CC(O)C(=O)O.Cc1ccc(N2CCN(C)CC2)c2c1CCC(NC(=O)c1ccc(N3CCOCC3)cc1)C2. The van der Waals surface area contributed by atoms with Crippen LogP contribution in [0.3, 0.4) is 0 Å². The average molecular weight is 539 g/mol. The lowest BCUT2D eigenvalue weighted by Gasteiger charge is -2.37. The van der Waals surface area contributed by atoms with Crippen molar-refractivity contribution in [2.75, 3.05) is 69.3 Å². The quantitative estimate of drug-likeness (QED) is 0.533. The number of anilines is 2. The van der Waals surface area contributed by atoms with Gasteiger partial charge in [-0.25, -0.2) is 4.79 Å². The van der Waals surface area contributed by atoms with Crippen LogP contribution in [0.15, 0.2) is 36.4 Å². The molecule has 2 fully saturated rings. The number of hydrogen-bond acceptors (Lipinski definition) is 7. The molecule has 5 rings (SSSR count). The molecule has 9 heteroatoms. The van der Waals surface area contributed by atoms with E-state index in [4.69, 9.17) is 14.9 Å². The number of amides is 1. The van der Waals surface area contributed by atoms with Gasteiger partial charge in [0.2, 0.25) is 0 Å². The fraction of sp³-hybridized carbons (Fsp3) is 0.533. The highest BCUT2D eigenvalue weighted by Gasteiger charge is 2.27. The number of aryl methyl sites for hydroxylation is 1. The molecule has 2 aromatic rings. The van der Waals surface area contributed by atoms with E-state index in [1.807, 2.05) is 12.1 Å². The minimum absolute atomic E-state index is 0.0331. The first-order chi connectivity index (χ1) is 18.7. The maximum atomic E-state index is 13.0. The molecule has 2 unspecified atom stereocenters. The van der Waals surface area contributed by atoms with Crippen molar-refractivity contribution in [1.29, 1.82) is 0 Å². The predicted octanol–water partition coefficient (Wildman–Crippen LogP) is 2.32. The number of morpholine rings is 1. The lowest BCUT2D eigenvalue weighted by molar-refractivity contribution is -0.145. The van der Waals surface area contributed by atoms with Crippen LogP contribution in [-0.2, 0) is 22.4 Å². The summed E-state index contributed by atoms with van der Waals surface area (Å²) >= 11 is 0. The number of nitrogens with zero attached hydrogens (tertiary/aromatic N) is 3. The van der Waals surface area contributed by atoms with Crippen molar-refractivity contribution < 1.29 is 24.5 Å². The number of aliphatic hydroxyl groups is 1. The van der Waals surface area contributed by atoms with E-state index in [2.05, 4.69) is 58.3 Å². The summed E-state index contributed by atoms with van der Waals surface area (Å²) < 4.78 is 5.44. The highest BCUT2D eigenvalue weighted by atomic mass is 16.5. The van der Waals surface area contributed by atoms with Gasteiger partial charge in [-0.3, -0.25) is 4.79 Å². The highest BCUT2D eigenvalue weighted by molar-refractivity contribution is 5.94. The second-order valence-corrected chi connectivity index (χ2v) is 10.7. The number of likely N-dealkylation sites (N-methyl/N-ethyl adjacent to an activating group) is 1. The van der Waals surface area contributed by atoms with Crippen molar-refractivity contribution in [3.8, 4) is 0 Å². The molecule has 9 nitrogen and oxygen atoms in total. The van der Waals surface area contributed by atoms with Crippen LogP contribution in [0, 0.1) is 6.92 Å². The van der Waals surface area contributed by atoms with Crippen LogP contribution < -0.4 is 15.1 Å². The van der Waals surface area contributed by atoms with Crippen molar-refractivity contribution in [3.63, 3.8) is 0 Å². The van der Waals surface area contributed by atoms with Crippen molar-refractivity contribution in [1.82, 2.24) is 10.2 Å². The van der Waals surface area contributed by atoms with E-state index < -0.39 is 12.1 Å². The van der Waals surface area contributed by atoms with Gasteiger partial charge in [0.25, 0.3) is 5.91 Å². The number of nitrogens with one attached hydrogen (secondary N) is 1. The summed E-state index contributed by atoms with van der Waals surface area (Å²) in [5.74, 6) is -1.15. The molecule has 39 heavy (non-hydrogen) atoms. The van der Waals surface area contributed by atoms with Gasteiger partial charge in [0, 0.05) is 62.2 Å². The summed E-state index contributed by atoms with van der Waals surface area (Å²) in [5.41, 5.74) is 7.59. The molecular formula is C30H42N4O5. The number of rotatable bonds is 5. The fourth-order valence-corrected chi connectivity index (χ4v) is 5.42. The normalized spacial score (nSPS) is 20.4. The van der Waals surface area contributed by atoms with E-state index >= 15 is 0 Å². The minimum Gasteiger partial charge on any atom is -0.479 e. The molecule has 1 aliphatic carbocycles. The Morgan fingerprint density at radius 1 is 0.949 bits per heavy atom. The van der Waals surface area contributed by atoms with Gasteiger partial charge >= 0.3 is 5.97 Å². The van der Waals surface area contributed by atoms with Gasteiger partial charge in [0.15, 0.2) is 0 Å². The Morgan fingerprint density at radius 2 is 1.59 bits per heavy atom. The second-order valence-electron chi connectivity index (χ2n) is 10.7. The average Bonchev–Trinajstić information content (AvgIpc) is 2.95. The van der Waals surface area contributed by atoms with Crippen LogP contribution in [0.1, 0.15) is 40.4 Å². The van der Waals surface area contributed by atoms with Gasteiger partial charge in [-0.1, -0.05) is 6.07 Å². The Kier molecular flexibility index (Phi) is 9.83. The third-order valence-electron chi connectivity index (χ3n) is 7.88. The Labute approximate surface area is 231 Å². The molecule has 0 radical (unpaired) electrons. The summed E-state index contributed by atoms with van der Waals surface area (Å²) in [6, 6.07) is 12.8. The molecule has 2 saturated heterocycles. The molecule has 2 aromatic carbocycles. The Morgan fingerprint density at radius 3 is 2.21 bits per heavy atom. The first-order valence-electron chi connectivity index (χ1n) is 13.9. The summed E-state index contributed by atoms with van der Waals surface area (Å²) in [5, 5.41) is 19.1.